The second-order valence-corrected chi connectivity index (χ2v) is 5.14. The van der Waals surface area contributed by atoms with Crippen molar-refractivity contribution in [3.63, 3.8) is 0 Å². The average Bonchev–Trinajstić information content (AvgIpc) is 2.46. The Morgan fingerprint density at radius 2 is 1.47 bits per heavy atom. The van der Waals surface area contributed by atoms with Crippen LogP contribution in [0.4, 0.5) is 0 Å². The van der Waals surface area contributed by atoms with Crippen LogP contribution >= 0.6 is 0 Å². The van der Waals surface area contributed by atoms with E-state index in [1.54, 1.807) is 0 Å². The average molecular weight is 260 g/mol. The molecule has 0 aliphatic carbocycles. The molecule has 102 valence electrons. The number of rotatable bonds is 2. The third-order valence-electron chi connectivity index (χ3n) is 3.39. The fourth-order valence-corrected chi connectivity index (χ4v) is 2.26. The van der Waals surface area contributed by atoms with E-state index in [9.17, 15) is 9.59 Å². The molecule has 0 radical (unpaired) electrons. The molecule has 1 heterocycles. The molecule has 1 saturated heterocycles. The Hall–Kier alpha value is -1.84. The Bertz CT molecular complexity index is 448. The van der Waals surface area contributed by atoms with E-state index in [4.69, 9.17) is 0 Å². The molecule has 0 saturated carbocycles. The zero-order chi connectivity index (χ0) is 13.8. The maximum absolute atomic E-state index is 12.2. The van der Waals surface area contributed by atoms with E-state index in [1.807, 2.05) is 54.0 Å². The van der Waals surface area contributed by atoms with Gasteiger partial charge in [0.15, 0.2) is 0 Å². The van der Waals surface area contributed by atoms with Gasteiger partial charge in [-0.05, 0) is 12.1 Å². The van der Waals surface area contributed by atoms with E-state index >= 15 is 0 Å². The van der Waals surface area contributed by atoms with Crippen LogP contribution in [-0.2, 0) is 4.79 Å². The topological polar surface area (TPSA) is 40.6 Å². The van der Waals surface area contributed by atoms with Gasteiger partial charge in [0, 0.05) is 37.7 Å². The molecule has 0 spiro atoms. The van der Waals surface area contributed by atoms with Gasteiger partial charge in [0.25, 0.3) is 5.91 Å². The van der Waals surface area contributed by atoms with Gasteiger partial charge in [-0.3, -0.25) is 9.59 Å². The van der Waals surface area contributed by atoms with Crippen LogP contribution in [0.25, 0.3) is 0 Å². The quantitative estimate of drug-likeness (QED) is 0.811. The van der Waals surface area contributed by atoms with E-state index in [2.05, 4.69) is 0 Å². The standard InChI is InChI=1S/C15H20N2O2/c1-12(2)14(18)16-8-10-17(11-9-16)15(19)13-6-4-3-5-7-13/h3-7,12H,8-11H2,1-2H3. The van der Waals surface area contributed by atoms with Gasteiger partial charge in [0.1, 0.15) is 0 Å². The molecule has 1 aliphatic heterocycles. The summed E-state index contributed by atoms with van der Waals surface area (Å²) < 4.78 is 0. The molecule has 0 unspecified atom stereocenters. The molecular formula is C15H20N2O2. The van der Waals surface area contributed by atoms with Crippen molar-refractivity contribution in [2.45, 2.75) is 13.8 Å². The molecule has 0 aromatic heterocycles. The summed E-state index contributed by atoms with van der Waals surface area (Å²) in [6.45, 7) is 6.32. The van der Waals surface area contributed by atoms with Gasteiger partial charge in [-0.25, -0.2) is 0 Å². The third kappa shape index (κ3) is 3.13. The lowest BCUT2D eigenvalue weighted by Crippen LogP contribution is -2.51. The van der Waals surface area contributed by atoms with E-state index in [1.165, 1.54) is 0 Å². The van der Waals surface area contributed by atoms with Crippen LogP contribution in [-0.4, -0.2) is 47.8 Å². The molecular weight excluding hydrogens is 240 g/mol. The first-order chi connectivity index (χ1) is 9.09. The van der Waals surface area contributed by atoms with E-state index in [0.717, 1.165) is 0 Å². The Labute approximate surface area is 114 Å². The van der Waals surface area contributed by atoms with Gasteiger partial charge in [0.05, 0.1) is 0 Å². The van der Waals surface area contributed by atoms with Gasteiger partial charge >= 0.3 is 0 Å². The minimum Gasteiger partial charge on any atom is -0.339 e. The van der Waals surface area contributed by atoms with Crippen molar-refractivity contribution in [2.24, 2.45) is 5.92 Å². The first-order valence-electron chi connectivity index (χ1n) is 6.72. The number of carbonyl (C=O) groups excluding carboxylic acids is 2. The molecule has 19 heavy (non-hydrogen) atoms. The highest BCUT2D eigenvalue weighted by atomic mass is 16.2. The SMILES string of the molecule is CC(C)C(=O)N1CCN(C(=O)c2ccccc2)CC1. The molecule has 1 aromatic rings. The summed E-state index contributed by atoms with van der Waals surface area (Å²) in [6, 6.07) is 9.29. The fourth-order valence-electron chi connectivity index (χ4n) is 2.26. The summed E-state index contributed by atoms with van der Waals surface area (Å²) in [6.07, 6.45) is 0. The number of benzene rings is 1. The van der Waals surface area contributed by atoms with Crippen molar-refractivity contribution in [2.75, 3.05) is 26.2 Å². The zero-order valence-corrected chi connectivity index (χ0v) is 11.5. The fraction of sp³-hybridized carbons (Fsp3) is 0.467. The lowest BCUT2D eigenvalue weighted by molar-refractivity contribution is -0.135. The van der Waals surface area contributed by atoms with Gasteiger partial charge < -0.3 is 9.80 Å². The Morgan fingerprint density at radius 1 is 0.947 bits per heavy atom. The molecule has 1 aliphatic rings. The minimum absolute atomic E-state index is 0.0244. The van der Waals surface area contributed by atoms with Crippen LogP contribution < -0.4 is 0 Å². The van der Waals surface area contributed by atoms with E-state index < -0.39 is 0 Å². The number of hydrogen-bond acceptors (Lipinski definition) is 2. The summed E-state index contributed by atoms with van der Waals surface area (Å²) in [7, 11) is 0. The minimum atomic E-state index is 0.0244. The lowest BCUT2D eigenvalue weighted by Gasteiger charge is -2.35. The molecule has 4 nitrogen and oxygen atoms in total. The monoisotopic (exact) mass is 260 g/mol. The van der Waals surface area contributed by atoms with Crippen molar-refractivity contribution in [1.29, 1.82) is 0 Å². The smallest absolute Gasteiger partial charge is 0.253 e. The summed E-state index contributed by atoms with van der Waals surface area (Å²) in [5.74, 6) is 0.250. The Balaban J connectivity index is 1.94. The van der Waals surface area contributed by atoms with E-state index in [0.29, 0.717) is 31.7 Å². The summed E-state index contributed by atoms with van der Waals surface area (Å²) >= 11 is 0. The molecule has 2 rings (SSSR count). The predicted molar refractivity (Wildman–Crippen MR) is 73.8 cm³/mol. The maximum Gasteiger partial charge on any atom is 0.253 e. The third-order valence-corrected chi connectivity index (χ3v) is 3.39. The Morgan fingerprint density at radius 3 is 2.00 bits per heavy atom. The van der Waals surface area contributed by atoms with Gasteiger partial charge in [-0.2, -0.15) is 0 Å². The van der Waals surface area contributed by atoms with Crippen molar-refractivity contribution >= 4 is 11.8 Å². The summed E-state index contributed by atoms with van der Waals surface area (Å²) in [5.41, 5.74) is 0.714. The van der Waals surface area contributed by atoms with Crippen LogP contribution in [0.3, 0.4) is 0 Å². The van der Waals surface area contributed by atoms with Crippen molar-refractivity contribution in [3.05, 3.63) is 35.9 Å². The van der Waals surface area contributed by atoms with Crippen molar-refractivity contribution in [3.8, 4) is 0 Å². The highest BCUT2D eigenvalue weighted by Gasteiger charge is 2.25. The zero-order valence-electron chi connectivity index (χ0n) is 11.5. The van der Waals surface area contributed by atoms with Crippen LogP contribution in [0, 0.1) is 5.92 Å². The van der Waals surface area contributed by atoms with Gasteiger partial charge in [-0.15, -0.1) is 0 Å². The normalized spacial score (nSPS) is 15.7. The van der Waals surface area contributed by atoms with Gasteiger partial charge in [0.2, 0.25) is 5.91 Å². The Kier molecular flexibility index (Phi) is 4.20. The number of amides is 2. The van der Waals surface area contributed by atoms with E-state index in [-0.39, 0.29) is 17.7 Å². The lowest BCUT2D eigenvalue weighted by atomic mass is 10.1. The number of carbonyl (C=O) groups is 2. The second kappa shape index (κ2) is 5.87. The molecule has 1 fully saturated rings. The molecule has 4 heteroatoms. The number of nitrogens with zero attached hydrogens (tertiary/aromatic N) is 2. The number of hydrogen-bond donors (Lipinski definition) is 0. The molecule has 0 atom stereocenters. The predicted octanol–water partition coefficient (Wildman–Crippen LogP) is 1.63. The number of piperazine rings is 1. The van der Waals surface area contributed by atoms with Crippen molar-refractivity contribution in [1.82, 2.24) is 9.80 Å². The highest BCUT2D eigenvalue weighted by molar-refractivity contribution is 5.94. The highest BCUT2D eigenvalue weighted by Crippen LogP contribution is 2.10. The van der Waals surface area contributed by atoms with Crippen LogP contribution in [0.1, 0.15) is 24.2 Å². The summed E-state index contributed by atoms with van der Waals surface area (Å²) in [4.78, 5) is 27.8. The second-order valence-electron chi connectivity index (χ2n) is 5.14. The molecule has 0 N–H and O–H groups in total. The van der Waals surface area contributed by atoms with Crippen LogP contribution in [0.15, 0.2) is 30.3 Å². The largest absolute Gasteiger partial charge is 0.339 e. The van der Waals surface area contributed by atoms with Crippen LogP contribution in [0.5, 0.6) is 0 Å². The van der Waals surface area contributed by atoms with Crippen molar-refractivity contribution < 1.29 is 9.59 Å². The van der Waals surface area contributed by atoms with Crippen LogP contribution in [0.2, 0.25) is 0 Å². The summed E-state index contributed by atoms with van der Waals surface area (Å²) in [5, 5.41) is 0. The molecule has 1 aromatic carbocycles. The maximum atomic E-state index is 12.2. The first kappa shape index (κ1) is 13.6. The first-order valence-corrected chi connectivity index (χ1v) is 6.72. The molecule has 0 bridgehead atoms. The molecule has 2 amide bonds. The van der Waals surface area contributed by atoms with Gasteiger partial charge in [-0.1, -0.05) is 32.0 Å².